The highest BCUT2D eigenvalue weighted by molar-refractivity contribution is 5.80. The molecule has 1 saturated carbocycles. The van der Waals surface area contributed by atoms with Gasteiger partial charge in [-0.25, -0.2) is 0 Å². The highest BCUT2D eigenvalue weighted by atomic mass is 16.5. The van der Waals surface area contributed by atoms with E-state index in [9.17, 15) is 4.79 Å². The smallest absolute Gasteiger partial charge is 0.228 e. The third kappa shape index (κ3) is 6.19. The van der Waals surface area contributed by atoms with Crippen LogP contribution >= 0.6 is 0 Å². The third-order valence-electron chi connectivity index (χ3n) is 6.68. The lowest BCUT2D eigenvalue weighted by molar-refractivity contribution is -0.125. The first-order chi connectivity index (χ1) is 13.8. The van der Waals surface area contributed by atoms with Crippen LogP contribution in [-0.2, 0) is 9.53 Å². The predicted octanol–water partition coefficient (Wildman–Crippen LogP) is 3.80. The molecule has 2 aliphatic carbocycles. The largest absolute Gasteiger partial charge is 0.379 e. The van der Waals surface area contributed by atoms with E-state index in [1.165, 1.54) is 5.57 Å². The third-order valence-corrected chi connectivity index (χ3v) is 6.68. The minimum atomic E-state index is 0. The first-order valence-electron chi connectivity index (χ1n) is 11.2. The number of nitrogens with one attached hydrogen (secondary N) is 1. The van der Waals surface area contributed by atoms with Crippen LogP contribution in [0.4, 0.5) is 0 Å². The lowest BCUT2D eigenvalue weighted by atomic mass is 9.78. The molecular formula is C24H41N3O2. The van der Waals surface area contributed by atoms with Crippen LogP contribution < -0.4 is 5.32 Å². The van der Waals surface area contributed by atoms with E-state index in [-0.39, 0.29) is 18.7 Å². The molecule has 3 rings (SSSR count). The van der Waals surface area contributed by atoms with Gasteiger partial charge in [-0.15, -0.1) is 0 Å². The van der Waals surface area contributed by atoms with Crippen LogP contribution in [0.3, 0.4) is 0 Å². The van der Waals surface area contributed by atoms with E-state index in [0.717, 1.165) is 76.7 Å². The normalized spacial score (nSPS) is 28.0. The molecule has 0 aromatic heterocycles. The van der Waals surface area contributed by atoms with Crippen molar-refractivity contribution in [2.45, 2.75) is 46.0 Å². The Hall–Kier alpha value is -1.59. The van der Waals surface area contributed by atoms with Gasteiger partial charge in [0, 0.05) is 41.1 Å². The van der Waals surface area contributed by atoms with Crippen molar-refractivity contribution in [2.75, 3.05) is 46.9 Å². The fraction of sp³-hybridized carbons (Fsp3) is 0.708. The molecular weight excluding hydrogens is 362 g/mol. The first kappa shape index (κ1) is 22.1. The average Bonchev–Trinajstić information content (AvgIpc) is 2.70. The van der Waals surface area contributed by atoms with E-state index in [1.54, 1.807) is 0 Å². The zero-order valence-electron chi connectivity index (χ0n) is 18.7. The standard InChI is InChI=1S/C24H39N3O2.H2/c1-24(2)12-6-5-7-21(24)17-22(26(3)4)25-23(28)20-10-8-19(9-11-20)18-27-13-15-29-16-14-27;/h5-7,17,19-20H,8-16,18H2,1-4H3,(H,25,28);1H/b22-17-;. The minimum absolute atomic E-state index is 0. The highest BCUT2D eigenvalue weighted by Gasteiger charge is 2.29. The van der Waals surface area contributed by atoms with Crippen LogP contribution in [0.25, 0.3) is 0 Å². The van der Waals surface area contributed by atoms with Crippen molar-refractivity contribution in [3.05, 3.63) is 35.7 Å². The van der Waals surface area contributed by atoms with Crippen molar-refractivity contribution in [3.8, 4) is 0 Å². The van der Waals surface area contributed by atoms with Crippen LogP contribution in [-0.4, -0.2) is 62.7 Å². The Kier molecular flexibility index (Phi) is 7.58. The van der Waals surface area contributed by atoms with E-state index in [0.29, 0.717) is 0 Å². The van der Waals surface area contributed by atoms with Crippen LogP contribution in [0.15, 0.2) is 35.7 Å². The molecule has 0 bridgehead atoms. The number of ether oxygens (including phenoxy) is 1. The molecule has 0 aromatic rings. The second kappa shape index (κ2) is 9.94. The van der Waals surface area contributed by atoms with Gasteiger partial charge in [-0.3, -0.25) is 9.69 Å². The van der Waals surface area contributed by atoms with Crippen molar-refractivity contribution in [1.29, 1.82) is 0 Å². The lowest BCUT2D eigenvalue weighted by Gasteiger charge is -2.34. The Balaban J connectivity index is 0.00000320. The van der Waals surface area contributed by atoms with Gasteiger partial charge in [-0.05, 0) is 55.1 Å². The first-order valence-corrected chi connectivity index (χ1v) is 11.2. The number of carbonyl (C=O) groups is 1. The summed E-state index contributed by atoms with van der Waals surface area (Å²) >= 11 is 0. The minimum Gasteiger partial charge on any atom is -0.379 e. The number of rotatable bonds is 6. The zero-order chi connectivity index (χ0) is 20.9. The number of carbonyl (C=O) groups excluding carboxylic acids is 1. The van der Waals surface area contributed by atoms with Crippen molar-refractivity contribution >= 4 is 5.91 Å². The highest BCUT2D eigenvalue weighted by Crippen LogP contribution is 2.35. The molecule has 0 aromatic carbocycles. The van der Waals surface area contributed by atoms with Gasteiger partial charge in [0.1, 0.15) is 5.82 Å². The Morgan fingerprint density at radius 2 is 1.97 bits per heavy atom. The number of allylic oxidation sites excluding steroid dienone is 5. The van der Waals surface area contributed by atoms with Crippen molar-refractivity contribution in [3.63, 3.8) is 0 Å². The van der Waals surface area contributed by atoms with Crippen molar-refractivity contribution < 1.29 is 11.0 Å². The van der Waals surface area contributed by atoms with Crippen molar-refractivity contribution in [1.82, 2.24) is 15.1 Å². The van der Waals surface area contributed by atoms with Crippen LogP contribution in [0, 0.1) is 17.3 Å². The quantitative estimate of drug-likeness (QED) is 0.733. The molecule has 3 aliphatic rings. The summed E-state index contributed by atoms with van der Waals surface area (Å²) in [6.07, 6.45) is 14.0. The molecule has 0 spiro atoms. The number of hydrogen-bond donors (Lipinski definition) is 1. The maximum absolute atomic E-state index is 13.0. The summed E-state index contributed by atoms with van der Waals surface area (Å²) in [4.78, 5) is 17.5. The summed E-state index contributed by atoms with van der Waals surface area (Å²) in [5.41, 5.74) is 1.36. The van der Waals surface area contributed by atoms with E-state index >= 15 is 0 Å². The predicted molar refractivity (Wildman–Crippen MR) is 120 cm³/mol. The van der Waals surface area contributed by atoms with Gasteiger partial charge in [0.25, 0.3) is 0 Å². The maximum atomic E-state index is 13.0. The second-order valence-corrected chi connectivity index (χ2v) is 9.68. The number of amides is 1. The van der Waals surface area contributed by atoms with Crippen LogP contribution in [0.5, 0.6) is 0 Å². The molecule has 0 radical (unpaired) electrons. The SMILES string of the molecule is CN(C)/C(=C\C1=CC=CCC1(C)C)NC(=O)C1CCC(CN2CCOCC2)CC1.[HH]. The Morgan fingerprint density at radius 3 is 2.59 bits per heavy atom. The Morgan fingerprint density at radius 1 is 1.28 bits per heavy atom. The summed E-state index contributed by atoms with van der Waals surface area (Å²) in [6, 6.07) is 0. The fourth-order valence-electron chi connectivity index (χ4n) is 4.53. The monoisotopic (exact) mass is 403 g/mol. The Labute approximate surface area is 178 Å². The average molecular weight is 404 g/mol. The maximum Gasteiger partial charge on any atom is 0.228 e. The van der Waals surface area contributed by atoms with Crippen molar-refractivity contribution in [2.24, 2.45) is 17.3 Å². The Bertz CT molecular complexity index is 655. The van der Waals surface area contributed by atoms with Gasteiger partial charge in [0.15, 0.2) is 0 Å². The topological polar surface area (TPSA) is 44.8 Å². The summed E-state index contributed by atoms with van der Waals surface area (Å²) in [5, 5.41) is 3.22. The van der Waals surface area contributed by atoms with E-state index in [4.69, 9.17) is 4.74 Å². The van der Waals surface area contributed by atoms with E-state index < -0.39 is 0 Å². The molecule has 5 nitrogen and oxygen atoms in total. The molecule has 1 N–H and O–H groups in total. The molecule has 1 aliphatic heterocycles. The zero-order valence-corrected chi connectivity index (χ0v) is 18.7. The molecule has 164 valence electrons. The molecule has 0 atom stereocenters. The van der Waals surface area contributed by atoms with Gasteiger partial charge >= 0.3 is 0 Å². The molecule has 2 fully saturated rings. The van der Waals surface area contributed by atoms with E-state index in [1.807, 2.05) is 19.0 Å². The second-order valence-electron chi connectivity index (χ2n) is 9.68. The summed E-state index contributed by atoms with van der Waals surface area (Å²) in [5.74, 6) is 1.92. The molecule has 5 heteroatoms. The van der Waals surface area contributed by atoms with Gasteiger partial charge in [-0.2, -0.15) is 0 Å². The van der Waals surface area contributed by atoms with Gasteiger partial charge < -0.3 is 15.0 Å². The molecule has 1 heterocycles. The molecule has 29 heavy (non-hydrogen) atoms. The van der Waals surface area contributed by atoms with Gasteiger partial charge in [0.2, 0.25) is 5.91 Å². The molecule has 0 unspecified atom stereocenters. The number of nitrogens with zero attached hydrogens (tertiary/aromatic N) is 2. The molecule has 1 amide bonds. The van der Waals surface area contributed by atoms with E-state index in [2.05, 4.69) is 48.4 Å². The summed E-state index contributed by atoms with van der Waals surface area (Å²) in [6.45, 7) is 9.50. The van der Waals surface area contributed by atoms with Crippen LogP contribution in [0.2, 0.25) is 0 Å². The fourth-order valence-corrected chi connectivity index (χ4v) is 4.53. The summed E-state index contributed by atoms with van der Waals surface area (Å²) < 4.78 is 5.45. The van der Waals surface area contributed by atoms with Crippen LogP contribution in [0.1, 0.15) is 47.4 Å². The van der Waals surface area contributed by atoms with Gasteiger partial charge in [0.05, 0.1) is 13.2 Å². The summed E-state index contributed by atoms with van der Waals surface area (Å²) in [7, 11) is 4.00. The number of hydrogen-bond acceptors (Lipinski definition) is 4. The lowest BCUT2D eigenvalue weighted by Crippen LogP contribution is -2.41. The van der Waals surface area contributed by atoms with Gasteiger partial charge in [-0.1, -0.05) is 32.1 Å². The number of morpholine rings is 1. The molecule has 1 saturated heterocycles.